The smallest absolute Gasteiger partial charge is 0.352 e. The highest BCUT2D eigenvalue weighted by atomic mass is 35.5. The standard InChI is InChI=1S/C23H24ClN5O4/c24-18-6-8-19(9-7-18)29-23(32)28(16-17-4-2-1-3-5-17)22(31)20(26-29)21(30)25-10-11-27-12-14-33-15-13-27/h1-9H,10-16H2,(H,25,30). The first-order valence-electron chi connectivity index (χ1n) is 10.7. The van der Waals surface area contributed by atoms with Crippen LogP contribution in [0.4, 0.5) is 0 Å². The number of hydrogen-bond donors (Lipinski definition) is 1. The van der Waals surface area contributed by atoms with Crippen molar-refractivity contribution in [3.8, 4) is 5.69 Å². The average molecular weight is 470 g/mol. The molecule has 1 aliphatic rings. The highest BCUT2D eigenvalue weighted by Crippen LogP contribution is 2.11. The summed E-state index contributed by atoms with van der Waals surface area (Å²) in [6.45, 7) is 3.89. The van der Waals surface area contributed by atoms with Gasteiger partial charge in [0, 0.05) is 31.2 Å². The Kier molecular flexibility index (Phi) is 7.33. The van der Waals surface area contributed by atoms with Gasteiger partial charge in [-0.3, -0.25) is 19.1 Å². The summed E-state index contributed by atoms with van der Waals surface area (Å²) in [5.41, 5.74) is -0.575. The fourth-order valence-electron chi connectivity index (χ4n) is 3.55. The summed E-state index contributed by atoms with van der Waals surface area (Å²) in [5, 5.41) is 7.36. The van der Waals surface area contributed by atoms with E-state index >= 15 is 0 Å². The van der Waals surface area contributed by atoms with Crippen LogP contribution in [0.2, 0.25) is 5.02 Å². The lowest BCUT2D eigenvalue weighted by Crippen LogP contribution is -2.47. The van der Waals surface area contributed by atoms with Gasteiger partial charge in [0.05, 0.1) is 25.4 Å². The van der Waals surface area contributed by atoms with Crippen molar-refractivity contribution < 1.29 is 9.53 Å². The molecule has 2 aromatic carbocycles. The molecule has 1 amide bonds. The minimum absolute atomic E-state index is 0.0165. The Hall–Kier alpha value is -3.27. The molecule has 1 saturated heterocycles. The normalized spacial score (nSPS) is 14.2. The molecule has 1 N–H and O–H groups in total. The van der Waals surface area contributed by atoms with Gasteiger partial charge in [0.2, 0.25) is 5.69 Å². The summed E-state index contributed by atoms with van der Waals surface area (Å²) in [7, 11) is 0. The van der Waals surface area contributed by atoms with Crippen LogP contribution in [0.15, 0.2) is 64.2 Å². The molecular weight excluding hydrogens is 446 g/mol. The zero-order chi connectivity index (χ0) is 23.2. The Morgan fingerprint density at radius 3 is 2.42 bits per heavy atom. The van der Waals surface area contributed by atoms with E-state index in [4.69, 9.17) is 16.3 Å². The monoisotopic (exact) mass is 469 g/mol. The van der Waals surface area contributed by atoms with Crippen molar-refractivity contribution in [2.75, 3.05) is 39.4 Å². The SMILES string of the molecule is O=C(NCCN1CCOCC1)c1nn(-c2ccc(Cl)cc2)c(=O)n(Cc2ccccc2)c1=O. The van der Waals surface area contributed by atoms with Crippen LogP contribution in [0.1, 0.15) is 16.1 Å². The average Bonchev–Trinajstić information content (AvgIpc) is 2.84. The van der Waals surface area contributed by atoms with Crippen molar-refractivity contribution >= 4 is 17.5 Å². The second kappa shape index (κ2) is 10.6. The zero-order valence-corrected chi connectivity index (χ0v) is 18.7. The van der Waals surface area contributed by atoms with Crippen molar-refractivity contribution in [3.05, 3.63) is 91.7 Å². The van der Waals surface area contributed by atoms with E-state index in [0.29, 0.717) is 37.0 Å². The number of nitrogens with one attached hydrogen (secondary N) is 1. The molecule has 0 saturated carbocycles. The van der Waals surface area contributed by atoms with Gasteiger partial charge in [0.1, 0.15) is 0 Å². The van der Waals surface area contributed by atoms with Crippen LogP contribution in [0.3, 0.4) is 0 Å². The molecular formula is C23H24ClN5O4. The van der Waals surface area contributed by atoms with Crippen LogP contribution in [0, 0.1) is 0 Å². The van der Waals surface area contributed by atoms with Gasteiger partial charge in [-0.25, -0.2) is 4.79 Å². The number of carbonyl (C=O) groups is 1. The minimum Gasteiger partial charge on any atom is -0.379 e. The molecule has 4 rings (SSSR count). The fourth-order valence-corrected chi connectivity index (χ4v) is 3.68. The number of ether oxygens (including phenoxy) is 1. The number of aromatic nitrogens is 3. The van der Waals surface area contributed by atoms with Crippen LogP contribution >= 0.6 is 11.6 Å². The van der Waals surface area contributed by atoms with Gasteiger partial charge in [-0.1, -0.05) is 41.9 Å². The van der Waals surface area contributed by atoms with Gasteiger partial charge in [0.15, 0.2) is 0 Å². The lowest BCUT2D eigenvalue weighted by atomic mass is 10.2. The molecule has 0 radical (unpaired) electrons. The summed E-state index contributed by atoms with van der Waals surface area (Å²) in [6, 6.07) is 15.5. The summed E-state index contributed by atoms with van der Waals surface area (Å²) in [6.07, 6.45) is 0. The quantitative estimate of drug-likeness (QED) is 0.557. The Labute approximate surface area is 195 Å². The minimum atomic E-state index is -0.738. The Morgan fingerprint density at radius 1 is 1.03 bits per heavy atom. The van der Waals surface area contributed by atoms with E-state index in [1.807, 2.05) is 18.2 Å². The second-order valence-corrected chi connectivity index (χ2v) is 8.04. The van der Waals surface area contributed by atoms with E-state index in [2.05, 4.69) is 15.3 Å². The van der Waals surface area contributed by atoms with Crippen LogP contribution in [-0.2, 0) is 11.3 Å². The number of morpholine rings is 1. The molecule has 1 aromatic heterocycles. The predicted octanol–water partition coefficient (Wildman–Crippen LogP) is 1.16. The Morgan fingerprint density at radius 2 is 1.73 bits per heavy atom. The molecule has 1 fully saturated rings. The second-order valence-electron chi connectivity index (χ2n) is 7.61. The molecule has 1 aliphatic heterocycles. The third kappa shape index (κ3) is 5.57. The topological polar surface area (TPSA) is 98.5 Å². The predicted molar refractivity (Wildman–Crippen MR) is 124 cm³/mol. The van der Waals surface area contributed by atoms with Crippen LogP contribution in [0.5, 0.6) is 0 Å². The first-order chi connectivity index (χ1) is 16.0. The Balaban J connectivity index is 1.66. The number of benzene rings is 2. The molecule has 10 heteroatoms. The number of amides is 1. The fraction of sp³-hybridized carbons (Fsp3) is 0.304. The summed E-state index contributed by atoms with van der Waals surface area (Å²) in [4.78, 5) is 41.3. The van der Waals surface area contributed by atoms with E-state index in [1.165, 1.54) is 0 Å². The maximum Gasteiger partial charge on any atom is 0.352 e. The highest BCUT2D eigenvalue weighted by molar-refractivity contribution is 6.30. The lowest BCUT2D eigenvalue weighted by molar-refractivity contribution is 0.0383. The number of carbonyl (C=O) groups excluding carboxylic acids is 1. The first kappa shape index (κ1) is 22.9. The molecule has 0 bridgehead atoms. The van der Waals surface area contributed by atoms with Crippen molar-refractivity contribution in [2.45, 2.75) is 6.54 Å². The van der Waals surface area contributed by atoms with Gasteiger partial charge < -0.3 is 10.1 Å². The molecule has 0 unspecified atom stereocenters. The van der Waals surface area contributed by atoms with E-state index in [0.717, 1.165) is 27.9 Å². The van der Waals surface area contributed by atoms with Gasteiger partial charge in [0.25, 0.3) is 11.5 Å². The molecule has 0 aliphatic carbocycles. The van der Waals surface area contributed by atoms with Crippen LogP contribution < -0.4 is 16.6 Å². The largest absolute Gasteiger partial charge is 0.379 e. The summed E-state index contributed by atoms with van der Waals surface area (Å²) < 4.78 is 7.40. The van der Waals surface area contributed by atoms with Gasteiger partial charge in [-0.15, -0.1) is 0 Å². The summed E-state index contributed by atoms with van der Waals surface area (Å²) in [5.74, 6) is -0.627. The first-order valence-corrected chi connectivity index (χ1v) is 11.0. The molecule has 3 aromatic rings. The number of halogens is 1. The molecule has 0 spiro atoms. The summed E-state index contributed by atoms with van der Waals surface area (Å²) >= 11 is 5.97. The third-order valence-electron chi connectivity index (χ3n) is 5.35. The molecule has 2 heterocycles. The van der Waals surface area contributed by atoms with Crippen molar-refractivity contribution in [1.29, 1.82) is 0 Å². The maximum absolute atomic E-state index is 13.2. The van der Waals surface area contributed by atoms with E-state index in [-0.39, 0.29) is 12.2 Å². The highest BCUT2D eigenvalue weighted by Gasteiger charge is 2.21. The third-order valence-corrected chi connectivity index (χ3v) is 5.60. The van der Waals surface area contributed by atoms with E-state index in [9.17, 15) is 14.4 Å². The van der Waals surface area contributed by atoms with Crippen LogP contribution in [-0.4, -0.2) is 64.5 Å². The van der Waals surface area contributed by atoms with Crippen molar-refractivity contribution in [3.63, 3.8) is 0 Å². The number of rotatable bonds is 7. The van der Waals surface area contributed by atoms with Crippen molar-refractivity contribution in [2.24, 2.45) is 0 Å². The van der Waals surface area contributed by atoms with Crippen molar-refractivity contribution in [1.82, 2.24) is 24.6 Å². The molecule has 0 atom stereocenters. The van der Waals surface area contributed by atoms with Gasteiger partial charge in [-0.2, -0.15) is 9.78 Å². The number of nitrogens with zero attached hydrogens (tertiary/aromatic N) is 4. The Bertz CT molecular complexity index is 1220. The van der Waals surface area contributed by atoms with Gasteiger partial charge in [-0.05, 0) is 29.8 Å². The molecule has 9 nitrogen and oxygen atoms in total. The van der Waals surface area contributed by atoms with Crippen LogP contribution in [0.25, 0.3) is 5.69 Å². The van der Waals surface area contributed by atoms with Gasteiger partial charge >= 0.3 is 5.69 Å². The zero-order valence-electron chi connectivity index (χ0n) is 17.9. The van der Waals surface area contributed by atoms with E-state index in [1.54, 1.807) is 36.4 Å². The lowest BCUT2D eigenvalue weighted by Gasteiger charge is -2.26. The van der Waals surface area contributed by atoms with E-state index < -0.39 is 17.2 Å². The number of hydrogen-bond acceptors (Lipinski definition) is 6. The molecule has 33 heavy (non-hydrogen) atoms. The molecule has 172 valence electrons. The maximum atomic E-state index is 13.2.